The molecule has 1 heterocycles. The van der Waals surface area contributed by atoms with Gasteiger partial charge in [0.2, 0.25) is 0 Å². The number of nitriles is 1. The van der Waals surface area contributed by atoms with E-state index in [1.54, 1.807) is 0 Å². The van der Waals surface area contributed by atoms with Crippen LogP contribution in [0.15, 0.2) is 54.6 Å². The fourth-order valence-corrected chi connectivity index (χ4v) is 3.19. The van der Waals surface area contributed by atoms with Crippen molar-refractivity contribution < 1.29 is 0 Å². The molecule has 1 aliphatic rings. The minimum Gasteiger partial charge on any atom is -0.298 e. The summed E-state index contributed by atoms with van der Waals surface area (Å²) < 4.78 is 0. The van der Waals surface area contributed by atoms with Gasteiger partial charge in [0.05, 0.1) is 11.6 Å². The van der Waals surface area contributed by atoms with Gasteiger partial charge >= 0.3 is 0 Å². The van der Waals surface area contributed by atoms with Gasteiger partial charge in [-0.1, -0.05) is 48.5 Å². The molecule has 0 spiro atoms. The second-order valence-corrected chi connectivity index (χ2v) is 6.16. The third-order valence-corrected chi connectivity index (χ3v) is 4.46. The van der Waals surface area contributed by atoms with Gasteiger partial charge < -0.3 is 0 Å². The summed E-state index contributed by atoms with van der Waals surface area (Å²) in [7, 11) is 0. The highest BCUT2D eigenvalue weighted by molar-refractivity contribution is 5.37. The summed E-state index contributed by atoms with van der Waals surface area (Å²) in [6.07, 6.45) is 1.18. The smallest absolute Gasteiger partial charge is 0.0995 e. The molecule has 3 rings (SSSR count). The molecule has 1 saturated heterocycles. The van der Waals surface area contributed by atoms with Crippen molar-refractivity contribution in [2.45, 2.75) is 19.5 Å². The largest absolute Gasteiger partial charge is 0.298 e. The Kier molecular flexibility index (Phi) is 5.42. The molecule has 118 valence electrons. The van der Waals surface area contributed by atoms with Gasteiger partial charge in [-0.3, -0.25) is 9.80 Å². The Bertz CT molecular complexity index is 660. The van der Waals surface area contributed by atoms with Gasteiger partial charge in [0, 0.05) is 26.2 Å². The average molecular weight is 305 g/mol. The fourth-order valence-electron chi connectivity index (χ4n) is 3.19. The van der Waals surface area contributed by atoms with Gasteiger partial charge in [-0.2, -0.15) is 5.26 Å². The Hall–Kier alpha value is -2.15. The molecule has 3 heteroatoms. The second kappa shape index (κ2) is 7.92. The molecule has 1 aliphatic heterocycles. The first-order valence-corrected chi connectivity index (χ1v) is 8.32. The van der Waals surface area contributed by atoms with Crippen molar-refractivity contribution in [2.24, 2.45) is 0 Å². The maximum Gasteiger partial charge on any atom is 0.0995 e. The number of rotatable bonds is 4. The zero-order valence-corrected chi connectivity index (χ0v) is 13.5. The highest BCUT2D eigenvalue weighted by Crippen LogP contribution is 2.14. The summed E-state index contributed by atoms with van der Waals surface area (Å²) in [5, 5.41) is 9.23. The highest BCUT2D eigenvalue weighted by atomic mass is 15.2. The van der Waals surface area contributed by atoms with Crippen LogP contribution in [-0.4, -0.2) is 36.0 Å². The van der Waals surface area contributed by atoms with Gasteiger partial charge in [0.25, 0.3) is 0 Å². The summed E-state index contributed by atoms with van der Waals surface area (Å²) in [6.45, 7) is 6.30. The summed E-state index contributed by atoms with van der Waals surface area (Å²) in [5.41, 5.74) is 3.33. The number of hydrogen-bond donors (Lipinski definition) is 0. The van der Waals surface area contributed by atoms with Crippen LogP contribution in [0.2, 0.25) is 0 Å². The standard InChI is InChI=1S/C20H23N3/c21-15-19-9-4-5-10-20(19)17-23-12-6-11-22(13-14-23)16-18-7-2-1-3-8-18/h1-5,7-10H,6,11-14,16-17H2. The Balaban J connectivity index is 1.57. The highest BCUT2D eigenvalue weighted by Gasteiger charge is 2.16. The predicted octanol–water partition coefficient (Wildman–Crippen LogP) is 3.27. The number of benzene rings is 2. The van der Waals surface area contributed by atoms with Gasteiger partial charge in [0.1, 0.15) is 0 Å². The first-order chi connectivity index (χ1) is 11.3. The van der Waals surface area contributed by atoms with E-state index in [-0.39, 0.29) is 0 Å². The third-order valence-electron chi connectivity index (χ3n) is 4.46. The van der Waals surface area contributed by atoms with E-state index in [1.165, 1.54) is 12.0 Å². The van der Waals surface area contributed by atoms with E-state index >= 15 is 0 Å². The van der Waals surface area contributed by atoms with E-state index in [0.29, 0.717) is 0 Å². The van der Waals surface area contributed by atoms with E-state index < -0.39 is 0 Å². The predicted molar refractivity (Wildman–Crippen MR) is 92.8 cm³/mol. The number of nitrogens with zero attached hydrogens (tertiary/aromatic N) is 3. The molecule has 0 aliphatic carbocycles. The molecular formula is C20H23N3. The number of hydrogen-bond acceptors (Lipinski definition) is 3. The fraction of sp³-hybridized carbons (Fsp3) is 0.350. The van der Waals surface area contributed by atoms with E-state index in [1.807, 2.05) is 18.2 Å². The van der Waals surface area contributed by atoms with Crippen LogP contribution in [0, 0.1) is 11.3 Å². The van der Waals surface area contributed by atoms with Crippen LogP contribution in [0.5, 0.6) is 0 Å². The van der Waals surface area contributed by atoms with Crippen molar-refractivity contribution in [1.82, 2.24) is 9.80 Å². The Labute approximate surface area is 138 Å². The monoisotopic (exact) mass is 305 g/mol. The SMILES string of the molecule is N#Cc1ccccc1CN1CCCN(Cc2ccccc2)CC1. The molecule has 1 fully saturated rings. The Morgan fingerprint density at radius 2 is 1.43 bits per heavy atom. The molecule has 0 saturated carbocycles. The van der Waals surface area contributed by atoms with Gasteiger partial charge in [0.15, 0.2) is 0 Å². The molecule has 2 aromatic carbocycles. The molecule has 2 aromatic rings. The zero-order valence-electron chi connectivity index (χ0n) is 13.5. The quantitative estimate of drug-likeness (QED) is 0.868. The molecule has 0 unspecified atom stereocenters. The lowest BCUT2D eigenvalue weighted by Crippen LogP contribution is -2.30. The molecule has 3 nitrogen and oxygen atoms in total. The summed E-state index contributed by atoms with van der Waals surface area (Å²) in [4.78, 5) is 5.01. The van der Waals surface area contributed by atoms with Gasteiger partial charge in [-0.15, -0.1) is 0 Å². The first kappa shape index (κ1) is 15.7. The van der Waals surface area contributed by atoms with Crippen LogP contribution in [-0.2, 0) is 13.1 Å². The topological polar surface area (TPSA) is 30.3 Å². The van der Waals surface area contributed by atoms with E-state index in [2.05, 4.69) is 52.3 Å². The molecule has 0 N–H and O–H groups in total. The van der Waals surface area contributed by atoms with Gasteiger partial charge in [-0.05, 0) is 36.7 Å². The average Bonchev–Trinajstić information content (AvgIpc) is 2.82. The zero-order chi connectivity index (χ0) is 15.9. The summed E-state index contributed by atoms with van der Waals surface area (Å²) in [6, 6.07) is 20.9. The molecule has 0 bridgehead atoms. The molecule has 0 radical (unpaired) electrons. The minimum absolute atomic E-state index is 0.804. The van der Waals surface area contributed by atoms with Crippen LogP contribution in [0.4, 0.5) is 0 Å². The maximum absolute atomic E-state index is 9.23. The molecular weight excluding hydrogens is 282 g/mol. The third kappa shape index (κ3) is 4.41. The lowest BCUT2D eigenvalue weighted by Gasteiger charge is -2.22. The maximum atomic E-state index is 9.23. The Morgan fingerprint density at radius 1 is 0.783 bits per heavy atom. The van der Waals surface area contributed by atoms with Crippen molar-refractivity contribution in [3.63, 3.8) is 0 Å². The molecule has 0 atom stereocenters. The van der Waals surface area contributed by atoms with E-state index in [9.17, 15) is 5.26 Å². The van der Waals surface area contributed by atoms with Crippen molar-refractivity contribution in [3.8, 4) is 6.07 Å². The van der Waals surface area contributed by atoms with Crippen LogP contribution in [0.1, 0.15) is 23.1 Å². The van der Waals surface area contributed by atoms with Crippen LogP contribution >= 0.6 is 0 Å². The Morgan fingerprint density at radius 3 is 2.17 bits per heavy atom. The summed E-state index contributed by atoms with van der Waals surface area (Å²) >= 11 is 0. The van der Waals surface area contributed by atoms with Crippen LogP contribution in [0.3, 0.4) is 0 Å². The lowest BCUT2D eigenvalue weighted by atomic mass is 10.1. The van der Waals surface area contributed by atoms with Crippen LogP contribution < -0.4 is 0 Å². The van der Waals surface area contributed by atoms with Crippen molar-refractivity contribution in [1.29, 1.82) is 5.26 Å². The van der Waals surface area contributed by atoms with Crippen molar-refractivity contribution in [2.75, 3.05) is 26.2 Å². The van der Waals surface area contributed by atoms with Crippen molar-refractivity contribution in [3.05, 3.63) is 71.3 Å². The minimum atomic E-state index is 0.804. The van der Waals surface area contributed by atoms with E-state index in [4.69, 9.17) is 0 Å². The summed E-state index contributed by atoms with van der Waals surface area (Å²) in [5.74, 6) is 0. The normalized spacial score (nSPS) is 16.7. The molecule has 0 aromatic heterocycles. The van der Waals surface area contributed by atoms with Crippen molar-refractivity contribution >= 4 is 0 Å². The second-order valence-electron chi connectivity index (χ2n) is 6.16. The lowest BCUT2D eigenvalue weighted by molar-refractivity contribution is 0.247. The molecule has 0 amide bonds. The van der Waals surface area contributed by atoms with Gasteiger partial charge in [-0.25, -0.2) is 0 Å². The first-order valence-electron chi connectivity index (χ1n) is 8.32. The molecule has 23 heavy (non-hydrogen) atoms. The van der Waals surface area contributed by atoms with Crippen LogP contribution in [0.25, 0.3) is 0 Å². The van der Waals surface area contributed by atoms with E-state index in [0.717, 1.165) is 50.4 Å².